The van der Waals surface area contributed by atoms with E-state index in [1.54, 1.807) is 0 Å². The molecule has 1 heterocycles. The van der Waals surface area contributed by atoms with Crippen LogP contribution < -0.4 is 0 Å². The molecule has 0 aromatic heterocycles. The second-order valence-corrected chi connectivity index (χ2v) is 4.88. The number of nitrogens with zero attached hydrogens (tertiary/aromatic N) is 1. The van der Waals surface area contributed by atoms with Gasteiger partial charge in [0.2, 0.25) is 0 Å². The highest BCUT2D eigenvalue weighted by atomic mass is 79.9. The van der Waals surface area contributed by atoms with Gasteiger partial charge in [-0.3, -0.25) is 4.90 Å². The van der Waals surface area contributed by atoms with Gasteiger partial charge in [-0.2, -0.15) is 0 Å². The molecule has 0 spiro atoms. The number of rotatable bonds is 2. The average molecular weight is 254 g/mol. The standard InChI is InChI=1S/C12H16BrN/c13-12-6-4-11(5-7-12)10-14-8-2-1-3-9-14/h4-7H,1-3,8-10H2. The summed E-state index contributed by atoms with van der Waals surface area (Å²) in [5.41, 5.74) is 1.43. The third kappa shape index (κ3) is 2.82. The summed E-state index contributed by atoms with van der Waals surface area (Å²) < 4.78 is 1.17. The largest absolute Gasteiger partial charge is 0.299 e. The van der Waals surface area contributed by atoms with Crippen LogP contribution in [0.2, 0.25) is 0 Å². The molecule has 1 aromatic carbocycles. The molecule has 1 saturated heterocycles. The fourth-order valence-corrected chi connectivity index (χ4v) is 2.23. The Kier molecular flexibility index (Phi) is 3.60. The molecule has 0 saturated carbocycles. The van der Waals surface area contributed by atoms with Gasteiger partial charge < -0.3 is 0 Å². The Balaban J connectivity index is 1.92. The van der Waals surface area contributed by atoms with E-state index >= 15 is 0 Å². The molecule has 0 radical (unpaired) electrons. The molecule has 0 aliphatic carbocycles. The Morgan fingerprint density at radius 2 is 1.64 bits per heavy atom. The monoisotopic (exact) mass is 253 g/mol. The highest BCUT2D eigenvalue weighted by Crippen LogP contribution is 2.15. The first-order valence-electron chi connectivity index (χ1n) is 5.31. The molecule has 0 N–H and O–H groups in total. The second kappa shape index (κ2) is 4.94. The van der Waals surface area contributed by atoms with Gasteiger partial charge in [-0.1, -0.05) is 34.5 Å². The maximum absolute atomic E-state index is 3.46. The number of likely N-dealkylation sites (tertiary alicyclic amines) is 1. The van der Waals surface area contributed by atoms with Gasteiger partial charge in [0, 0.05) is 11.0 Å². The molecule has 14 heavy (non-hydrogen) atoms. The molecule has 1 aliphatic rings. The minimum Gasteiger partial charge on any atom is -0.299 e. The fraction of sp³-hybridized carbons (Fsp3) is 0.500. The smallest absolute Gasteiger partial charge is 0.0233 e. The van der Waals surface area contributed by atoms with Crippen LogP contribution in [-0.2, 0) is 6.54 Å². The van der Waals surface area contributed by atoms with Gasteiger partial charge in [0.05, 0.1) is 0 Å². The Hall–Kier alpha value is -0.340. The normalized spacial score (nSPS) is 18.4. The van der Waals surface area contributed by atoms with Crippen molar-refractivity contribution in [3.8, 4) is 0 Å². The molecule has 0 atom stereocenters. The summed E-state index contributed by atoms with van der Waals surface area (Å²) in [6, 6.07) is 8.66. The predicted molar refractivity (Wildman–Crippen MR) is 63.3 cm³/mol. The lowest BCUT2D eigenvalue weighted by Gasteiger charge is -2.26. The summed E-state index contributed by atoms with van der Waals surface area (Å²) in [6.45, 7) is 3.67. The molecule has 2 heteroatoms. The van der Waals surface area contributed by atoms with Crippen molar-refractivity contribution in [2.24, 2.45) is 0 Å². The van der Waals surface area contributed by atoms with Crippen molar-refractivity contribution < 1.29 is 0 Å². The zero-order valence-electron chi connectivity index (χ0n) is 8.38. The molecule has 76 valence electrons. The van der Waals surface area contributed by atoms with Gasteiger partial charge in [-0.05, 0) is 43.6 Å². The number of benzene rings is 1. The van der Waals surface area contributed by atoms with Crippen LogP contribution in [0.5, 0.6) is 0 Å². The number of halogens is 1. The second-order valence-electron chi connectivity index (χ2n) is 3.96. The lowest BCUT2D eigenvalue weighted by atomic mass is 10.1. The van der Waals surface area contributed by atoms with Gasteiger partial charge in [0.25, 0.3) is 0 Å². The third-order valence-corrected chi connectivity index (χ3v) is 3.30. The molecule has 1 nitrogen and oxygen atoms in total. The van der Waals surface area contributed by atoms with Crippen LogP contribution in [0.3, 0.4) is 0 Å². The van der Waals surface area contributed by atoms with Crippen molar-refractivity contribution in [2.45, 2.75) is 25.8 Å². The molecular weight excluding hydrogens is 238 g/mol. The highest BCUT2D eigenvalue weighted by molar-refractivity contribution is 9.10. The first-order chi connectivity index (χ1) is 6.84. The van der Waals surface area contributed by atoms with Crippen molar-refractivity contribution in [2.75, 3.05) is 13.1 Å². The van der Waals surface area contributed by atoms with E-state index in [1.807, 2.05) is 0 Å². The Labute approximate surface area is 94.2 Å². The van der Waals surface area contributed by atoms with Crippen molar-refractivity contribution in [1.29, 1.82) is 0 Å². The van der Waals surface area contributed by atoms with E-state index in [4.69, 9.17) is 0 Å². The Bertz CT molecular complexity index is 275. The summed E-state index contributed by atoms with van der Waals surface area (Å²) in [5.74, 6) is 0. The molecule has 1 aliphatic heterocycles. The maximum Gasteiger partial charge on any atom is 0.0233 e. The van der Waals surface area contributed by atoms with E-state index in [0.717, 1.165) is 6.54 Å². The van der Waals surface area contributed by atoms with E-state index < -0.39 is 0 Å². The van der Waals surface area contributed by atoms with Crippen LogP contribution in [-0.4, -0.2) is 18.0 Å². The van der Waals surface area contributed by atoms with Gasteiger partial charge in [-0.15, -0.1) is 0 Å². The lowest BCUT2D eigenvalue weighted by molar-refractivity contribution is 0.221. The van der Waals surface area contributed by atoms with Gasteiger partial charge in [0.1, 0.15) is 0 Å². The van der Waals surface area contributed by atoms with E-state index in [2.05, 4.69) is 45.1 Å². The summed E-state index contributed by atoms with van der Waals surface area (Å²) >= 11 is 3.46. The number of hydrogen-bond donors (Lipinski definition) is 0. The van der Waals surface area contributed by atoms with E-state index in [1.165, 1.54) is 42.4 Å². The van der Waals surface area contributed by atoms with E-state index in [0.29, 0.717) is 0 Å². The van der Waals surface area contributed by atoms with Gasteiger partial charge in [0.15, 0.2) is 0 Å². The summed E-state index contributed by atoms with van der Waals surface area (Å²) in [6.07, 6.45) is 4.16. The zero-order chi connectivity index (χ0) is 9.80. The SMILES string of the molecule is Brc1ccc(CN2CCCCC2)cc1. The van der Waals surface area contributed by atoms with Crippen LogP contribution in [0.4, 0.5) is 0 Å². The molecule has 0 amide bonds. The first kappa shape index (κ1) is 10.2. The maximum atomic E-state index is 3.46. The van der Waals surface area contributed by atoms with Gasteiger partial charge in [-0.25, -0.2) is 0 Å². The molecule has 0 unspecified atom stereocenters. The van der Waals surface area contributed by atoms with E-state index in [-0.39, 0.29) is 0 Å². The van der Waals surface area contributed by atoms with Crippen molar-refractivity contribution in [1.82, 2.24) is 4.90 Å². The van der Waals surface area contributed by atoms with Crippen LogP contribution in [0.1, 0.15) is 24.8 Å². The summed E-state index contributed by atoms with van der Waals surface area (Å²) in [7, 11) is 0. The molecule has 2 rings (SSSR count). The number of piperidine rings is 1. The Morgan fingerprint density at radius 1 is 1.00 bits per heavy atom. The first-order valence-corrected chi connectivity index (χ1v) is 6.11. The topological polar surface area (TPSA) is 3.24 Å². The quantitative estimate of drug-likeness (QED) is 0.781. The van der Waals surface area contributed by atoms with Gasteiger partial charge >= 0.3 is 0 Å². The van der Waals surface area contributed by atoms with Crippen LogP contribution in [0.25, 0.3) is 0 Å². The third-order valence-electron chi connectivity index (χ3n) is 2.77. The zero-order valence-corrected chi connectivity index (χ0v) is 9.96. The van der Waals surface area contributed by atoms with Crippen LogP contribution >= 0.6 is 15.9 Å². The van der Waals surface area contributed by atoms with Crippen LogP contribution in [0, 0.1) is 0 Å². The summed E-state index contributed by atoms with van der Waals surface area (Å²) in [4.78, 5) is 2.55. The van der Waals surface area contributed by atoms with Crippen molar-refractivity contribution in [3.63, 3.8) is 0 Å². The predicted octanol–water partition coefficient (Wildman–Crippen LogP) is 3.44. The minimum absolute atomic E-state index is 1.12. The lowest BCUT2D eigenvalue weighted by Crippen LogP contribution is -2.28. The summed E-state index contributed by atoms with van der Waals surface area (Å²) in [5, 5.41) is 0. The number of hydrogen-bond acceptors (Lipinski definition) is 1. The highest BCUT2D eigenvalue weighted by Gasteiger charge is 2.09. The molecule has 1 fully saturated rings. The van der Waals surface area contributed by atoms with Crippen LogP contribution in [0.15, 0.2) is 28.7 Å². The molecule has 1 aromatic rings. The fourth-order valence-electron chi connectivity index (χ4n) is 1.97. The molecular formula is C12H16BrN. The average Bonchev–Trinajstić information content (AvgIpc) is 2.23. The van der Waals surface area contributed by atoms with E-state index in [9.17, 15) is 0 Å². The van der Waals surface area contributed by atoms with Crippen molar-refractivity contribution >= 4 is 15.9 Å². The van der Waals surface area contributed by atoms with Crippen molar-refractivity contribution in [3.05, 3.63) is 34.3 Å². The Morgan fingerprint density at radius 3 is 2.29 bits per heavy atom. The molecule has 0 bridgehead atoms. The minimum atomic E-state index is 1.12.